The summed E-state index contributed by atoms with van der Waals surface area (Å²) in [5.41, 5.74) is 4.30. The van der Waals surface area contributed by atoms with E-state index in [4.69, 9.17) is 0 Å². The van der Waals surface area contributed by atoms with Crippen LogP contribution < -0.4 is 5.43 Å². The van der Waals surface area contributed by atoms with Crippen molar-refractivity contribution < 1.29 is 4.79 Å². The molecule has 1 aromatic carbocycles. The Balaban J connectivity index is 1.56. The van der Waals surface area contributed by atoms with E-state index in [-0.39, 0.29) is 11.7 Å². The number of benzene rings is 1. The van der Waals surface area contributed by atoms with Gasteiger partial charge in [-0.05, 0) is 29.8 Å². The van der Waals surface area contributed by atoms with Crippen LogP contribution in [0.2, 0.25) is 0 Å². The van der Waals surface area contributed by atoms with Crippen molar-refractivity contribution in [1.82, 2.24) is 25.2 Å². The van der Waals surface area contributed by atoms with Gasteiger partial charge in [-0.1, -0.05) is 39.8 Å². The fraction of sp³-hybridized carbons (Fsp3) is 0.118. The third-order valence-corrected chi connectivity index (χ3v) is 4.87. The van der Waals surface area contributed by atoms with Gasteiger partial charge in [0.05, 0.1) is 12.0 Å². The molecule has 7 nitrogen and oxygen atoms in total. The number of pyridine rings is 1. The summed E-state index contributed by atoms with van der Waals surface area (Å²) in [5, 5.41) is 13.0. The summed E-state index contributed by atoms with van der Waals surface area (Å²) in [4.78, 5) is 15.8. The average Bonchev–Trinajstić information content (AvgIpc) is 3.01. The molecule has 0 atom stereocenters. The molecular weight excluding hydrogens is 416 g/mol. The lowest BCUT2D eigenvalue weighted by Crippen LogP contribution is -2.19. The maximum absolute atomic E-state index is 11.9. The van der Waals surface area contributed by atoms with Crippen molar-refractivity contribution in [2.24, 2.45) is 12.1 Å². The first-order valence-electron chi connectivity index (χ1n) is 7.63. The fourth-order valence-electron chi connectivity index (χ4n) is 2.11. The van der Waals surface area contributed by atoms with Gasteiger partial charge in [0, 0.05) is 29.5 Å². The summed E-state index contributed by atoms with van der Waals surface area (Å²) >= 11 is 4.75. The first-order valence-corrected chi connectivity index (χ1v) is 9.41. The molecule has 0 unspecified atom stereocenters. The number of hydrazone groups is 1. The first-order chi connectivity index (χ1) is 12.6. The Hall–Kier alpha value is -2.52. The van der Waals surface area contributed by atoms with Gasteiger partial charge in [0.2, 0.25) is 0 Å². The highest BCUT2D eigenvalue weighted by Gasteiger charge is 2.12. The molecule has 1 amide bonds. The molecule has 0 fully saturated rings. The Morgan fingerprint density at radius 2 is 2.12 bits per heavy atom. The minimum atomic E-state index is -0.215. The van der Waals surface area contributed by atoms with Crippen molar-refractivity contribution in [3.8, 4) is 11.4 Å². The molecule has 0 aliphatic rings. The van der Waals surface area contributed by atoms with Crippen LogP contribution in [-0.4, -0.2) is 37.6 Å². The Bertz CT molecular complexity index is 928. The van der Waals surface area contributed by atoms with Crippen molar-refractivity contribution in [3.05, 3.63) is 58.8 Å². The van der Waals surface area contributed by atoms with Crippen LogP contribution in [0.25, 0.3) is 11.4 Å². The smallest absolute Gasteiger partial charge is 0.250 e. The standard InChI is InChI=1S/C17H15BrN6OS/c1-24-16(13-3-2-4-14(18)9-13)22-23-17(24)26-11-15(25)21-20-10-12-5-7-19-8-6-12/h2-10H,11H2,1H3,(H,21,25)/b20-10-. The van der Waals surface area contributed by atoms with E-state index in [0.29, 0.717) is 5.16 Å². The topological polar surface area (TPSA) is 85.1 Å². The maximum Gasteiger partial charge on any atom is 0.250 e. The second-order valence-corrected chi connectivity index (χ2v) is 7.10. The number of halogens is 1. The van der Waals surface area contributed by atoms with Crippen molar-refractivity contribution >= 4 is 39.8 Å². The minimum Gasteiger partial charge on any atom is -0.305 e. The molecule has 0 aliphatic heterocycles. The number of hydrogen-bond donors (Lipinski definition) is 1. The zero-order valence-electron chi connectivity index (χ0n) is 13.8. The van der Waals surface area contributed by atoms with E-state index < -0.39 is 0 Å². The Kier molecular flexibility index (Phi) is 6.13. The Labute approximate surface area is 163 Å². The second-order valence-electron chi connectivity index (χ2n) is 5.24. The quantitative estimate of drug-likeness (QED) is 0.369. The zero-order chi connectivity index (χ0) is 18.4. The van der Waals surface area contributed by atoms with Crippen molar-refractivity contribution in [2.45, 2.75) is 5.16 Å². The number of nitrogens with one attached hydrogen (secondary N) is 1. The highest BCUT2D eigenvalue weighted by molar-refractivity contribution is 9.10. The lowest BCUT2D eigenvalue weighted by atomic mass is 10.2. The largest absolute Gasteiger partial charge is 0.305 e. The summed E-state index contributed by atoms with van der Waals surface area (Å²) in [5.74, 6) is 0.718. The number of rotatable bonds is 6. The third kappa shape index (κ3) is 4.77. The number of amides is 1. The number of nitrogens with zero attached hydrogens (tertiary/aromatic N) is 5. The Morgan fingerprint density at radius 1 is 1.31 bits per heavy atom. The van der Waals surface area contributed by atoms with E-state index in [1.807, 2.05) is 35.9 Å². The predicted molar refractivity (Wildman–Crippen MR) is 105 cm³/mol. The molecule has 9 heteroatoms. The van der Waals surface area contributed by atoms with Crippen LogP contribution in [0.3, 0.4) is 0 Å². The molecule has 3 aromatic rings. The van der Waals surface area contributed by atoms with Crippen LogP contribution >= 0.6 is 27.7 Å². The molecule has 1 N–H and O–H groups in total. The van der Waals surface area contributed by atoms with Crippen LogP contribution in [-0.2, 0) is 11.8 Å². The fourth-order valence-corrected chi connectivity index (χ4v) is 3.21. The molecule has 26 heavy (non-hydrogen) atoms. The van der Waals surface area contributed by atoms with Gasteiger partial charge in [0.25, 0.3) is 5.91 Å². The number of aromatic nitrogens is 4. The highest BCUT2D eigenvalue weighted by atomic mass is 79.9. The number of thioether (sulfide) groups is 1. The van der Waals surface area contributed by atoms with E-state index in [2.05, 4.69) is 41.6 Å². The van der Waals surface area contributed by atoms with Gasteiger partial charge in [0.1, 0.15) is 0 Å². The SMILES string of the molecule is Cn1c(SCC(=O)N/N=C\c2ccncc2)nnc1-c1cccc(Br)c1. The van der Waals surface area contributed by atoms with Gasteiger partial charge < -0.3 is 4.57 Å². The molecule has 0 saturated carbocycles. The van der Waals surface area contributed by atoms with Gasteiger partial charge in [0.15, 0.2) is 11.0 Å². The van der Waals surface area contributed by atoms with Crippen LogP contribution in [0.1, 0.15) is 5.56 Å². The van der Waals surface area contributed by atoms with Crippen LogP contribution in [0.5, 0.6) is 0 Å². The van der Waals surface area contributed by atoms with E-state index in [1.54, 1.807) is 30.7 Å². The monoisotopic (exact) mass is 430 g/mol. The van der Waals surface area contributed by atoms with Crippen molar-refractivity contribution in [1.29, 1.82) is 0 Å². The second kappa shape index (κ2) is 8.72. The molecular formula is C17H15BrN6OS. The molecule has 0 saturated heterocycles. The van der Waals surface area contributed by atoms with Crippen LogP contribution in [0.4, 0.5) is 0 Å². The van der Waals surface area contributed by atoms with Gasteiger partial charge in [-0.25, -0.2) is 5.43 Å². The zero-order valence-corrected chi connectivity index (χ0v) is 16.2. The molecule has 0 aliphatic carbocycles. The summed E-state index contributed by atoms with van der Waals surface area (Å²) in [6.07, 6.45) is 4.89. The predicted octanol–water partition coefficient (Wildman–Crippen LogP) is 2.88. The van der Waals surface area contributed by atoms with Crippen LogP contribution in [0.15, 0.2) is 63.5 Å². The summed E-state index contributed by atoms with van der Waals surface area (Å²) < 4.78 is 2.83. The van der Waals surface area contributed by atoms with E-state index in [9.17, 15) is 4.79 Å². The molecule has 2 aromatic heterocycles. The molecule has 132 valence electrons. The first kappa shape index (κ1) is 18.3. The van der Waals surface area contributed by atoms with E-state index in [0.717, 1.165) is 21.4 Å². The van der Waals surface area contributed by atoms with Gasteiger partial charge >= 0.3 is 0 Å². The summed E-state index contributed by atoms with van der Waals surface area (Å²) in [6.45, 7) is 0. The lowest BCUT2D eigenvalue weighted by molar-refractivity contribution is -0.118. The molecule has 0 bridgehead atoms. The lowest BCUT2D eigenvalue weighted by Gasteiger charge is -2.04. The molecule has 0 spiro atoms. The summed E-state index contributed by atoms with van der Waals surface area (Å²) in [6, 6.07) is 11.4. The van der Waals surface area contributed by atoms with Crippen molar-refractivity contribution in [2.75, 3.05) is 5.75 Å². The van der Waals surface area contributed by atoms with Gasteiger partial charge in [-0.15, -0.1) is 10.2 Å². The minimum absolute atomic E-state index is 0.193. The number of hydrogen-bond acceptors (Lipinski definition) is 6. The van der Waals surface area contributed by atoms with Crippen LogP contribution in [0, 0.1) is 0 Å². The molecule has 3 rings (SSSR count). The molecule has 0 radical (unpaired) electrons. The van der Waals surface area contributed by atoms with E-state index in [1.165, 1.54) is 11.8 Å². The molecule has 2 heterocycles. The van der Waals surface area contributed by atoms with E-state index >= 15 is 0 Å². The Morgan fingerprint density at radius 3 is 2.88 bits per heavy atom. The summed E-state index contributed by atoms with van der Waals surface area (Å²) in [7, 11) is 1.87. The van der Waals surface area contributed by atoms with Crippen molar-refractivity contribution in [3.63, 3.8) is 0 Å². The maximum atomic E-state index is 11.9. The average molecular weight is 431 g/mol. The van der Waals surface area contributed by atoms with Gasteiger partial charge in [-0.3, -0.25) is 9.78 Å². The highest BCUT2D eigenvalue weighted by Crippen LogP contribution is 2.24. The van der Waals surface area contributed by atoms with Gasteiger partial charge in [-0.2, -0.15) is 5.10 Å². The number of carbonyl (C=O) groups excluding carboxylic acids is 1. The third-order valence-electron chi connectivity index (χ3n) is 3.36. The normalized spacial score (nSPS) is 11.0. The number of carbonyl (C=O) groups is 1.